The van der Waals surface area contributed by atoms with Crippen molar-refractivity contribution in [2.45, 2.75) is 18.8 Å². The second-order valence-electron chi connectivity index (χ2n) is 8.20. The molecule has 1 aliphatic carbocycles. The molecule has 0 spiro atoms. The van der Waals surface area contributed by atoms with E-state index in [1.165, 1.54) is 24.5 Å². The number of hydrogen-bond acceptors (Lipinski definition) is 4. The highest BCUT2D eigenvalue weighted by Crippen LogP contribution is 2.43. The number of rotatable bonds is 4. The minimum atomic E-state index is -0.308. The first-order chi connectivity index (χ1) is 15.7. The van der Waals surface area contributed by atoms with E-state index in [1.54, 1.807) is 30.7 Å². The lowest BCUT2D eigenvalue weighted by Crippen LogP contribution is -1.99. The van der Waals surface area contributed by atoms with E-state index >= 15 is 0 Å². The topological polar surface area (TPSA) is 80.5 Å². The summed E-state index contributed by atoms with van der Waals surface area (Å²) in [4.78, 5) is 9.51. The number of hydrogen-bond donors (Lipinski definition) is 2. The Morgan fingerprint density at radius 1 is 0.938 bits per heavy atom. The largest absolute Gasteiger partial charge is 0.398 e. The highest BCUT2D eigenvalue weighted by molar-refractivity contribution is 5.99. The summed E-state index contributed by atoms with van der Waals surface area (Å²) in [5.41, 5.74) is 13.4. The first-order valence-corrected chi connectivity index (χ1v) is 10.6. The van der Waals surface area contributed by atoms with E-state index in [9.17, 15) is 4.39 Å². The number of nitrogens with one attached hydrogen (secondary N) is 1. The van der Waals surface area contributed by atoms with Crippen molar-refractivity contribution in [3.8, 4) is 33.6 Å². The van der Waals surface area contributed by atoms with E-state index < -0.39 is 0 Å². The Hall–Kier alpha value is -4.06. The quantitative estimate of drug-likeness (QED) is 0.351. The van der Waals surface area contributed by atoms with Gasteiger partial charge in [0.05, 0.1) is 23.1 Å². The molecule has 0 bridgehead atoms. The molecule has 6 rings (SSSR count). The molecule has 156 valence electrons. The smallest absolute Gasteiger partial charge is 0.131 e. The lowest BCUT2D eigenvalue weighted by Gasteiger charge is -2.15. The number of benzene rings is 2. The Labute approximate surface area is 184 Å². The number of nitrogen functional groups attached to an aromatic ring is 1. The number of aromatic nitrogens is 4. The summed E-state index contributed by atoms with van der Waals surface area (Å²) >= 11 is 0. The van der Waals surface area contributed by atoms with Crippen LogP contribution in [0.4, 0.5) is 10.1 Å². The average molecular weight is 421 g/mol. The molecule has 1 saturated carbocycles. The number of nitrogens with two attached hydrogens (primary N) is 1. The summed E-state index contributed by atoms with van der Waals surface area (Å²) in [5.74, 6) is 0.294. The van der Waals surface area contributed by atoms with Gasteiger partial charge in [0.15, 0.2) is 0 Å². The lowest BCUT2D eigenvalue weighted by molar-refractivity contribution is 0.631. The Balaban J connectivity index is 1.64. The van der Waals surface area contributed by atoms with Gasteiger partial charge in [0.25, 0.3) is 0 Å². The fourth-order valence-electron chi connectivity index (χ4n) is 4.26. The molecular weight excluding hydrogens is 401 g/mol. The monoisotopic (exact) mass is 421 g/mol. The maximum Gasteiger partial charge on any atom is 0.131 e. The summed E-state index contributed by atoms with van der Waals surface area (Å²) in [7, 11) is 0. The third kappa shape index (κ3) is 3.12. The number of fused-ring (bicyclic) bond motifs is 1. The Morgan fingerprint density at radius 3 is 2.56 bits per heavy atom. The van der Waals surface area contributed by atoms with Crippen LogP contribution in [0.25, 0.3) is 44.5 Å². The fraction of sp³-hybridized carbons (Fsp3) is 0.115. The van der Waals surface area contributed by atoms with Crippen LogP contribution in [-0.2, 0) is 0 Å². The standard InChI is InChI=1S/C26H20FN5/c27-22-4-2-1-3-18(22)20-12-21-24(9-10-29-25(21)17-13-30-31-14-17)32-26(20)19-8-7-16(11-23(19)28)15-5-6-15/h1-4,7-15H,5-6,28H2,(H,30,31). The summed E-state index contributed by atoms with van der Waals surface area (Å²) in [6.45, 7) is 0. The second-order valence-corrected chi connectivity index (χ2v) is 8.20. The van der Waals surface area contributed by atoms with Crippen LogP contribution < -0.4 is 5.73 Å². The number of H-pyrrole nitrogens is 1. The van der Waals surface area contributed by atoms with E-state index in [-0.39, 0.29) is 5.82 Å². The van der Waals surface area contributed by atoms with Gasteiger partial charge in [0.1, 0.15) is 5.82 Å². The first-order valence-electron chi connectivity index (χ1n) is 10.6. The first kappa shape index (κ1) is 18.7. The summed E-state index contributed by atoms with van der Waals surface area (Å²) < 4.78 is 14.9. The molecule has 1 aliphatic rings. The molecule has 0 aliphatic heterocycles. The highest BCUT2D eigenvalue weighted by atomic mass is 19.1. The maximum atomic E-state index is 14.9. The third-order valence-corrected chi connectivity index (χ3v) is 6.06. The summed E-state index contributed by atoms with van der Waals surface area (Å²) in [6, 6.07) is 16.7. The Morgan fingerprint density at radius 2 is 1.81 bits per heavy atom. The van der Waals surface area contributed by atoms with Gasteiger partial charge in [0.2, 0.25) is 0 Å². The summed E-state index contributed by atoms with van der Waals surface area (Å²) in [6.07, 6.45) is 7.64. The van der Waals surface area contributed by atoms with Gasteiger partial charge in [-0.1, -0.05) is 30.3 Å². The number of nitrogens with zero attached hydrogens (tertiary/aromatic N) is 3. The zero-order valence-electron chi connectivity index (χ0n) is 17.2. The van der Waals surface area contributed by atoms with Crippen molar-refractivity contribution in [3.05, 3.63) is 84.6 Å². The maximum absolute atomic E-state index is 14.9. The van der Waals surface area contributed by atoms with E-state index in [0.717, 1.165) is 27.7 Å². The molecule has 5 nitrogen and oxygen atoms in total. The SMILES string of the molecule is Nc1cc(C2CC2)ccc1-c1nc2ccnc(-c3cn[nH]c3)c2cc1-c1ccccc1F. The Bertz CT molecular complexity index is 1460. The zero-order valence-corrected chi connectivity index (χ0v) is 17.2. The molecule has 0 unspecified atom stereocenters. The zero-order chi connectivity index (χ0) is 21.7. The summed E-state index contributed by atoms with van der Waals surface area (Å²) in [5, 5.41) is 7.69. The molecule has 0 radical (unpaired) electrons. The van der Waals surface area contributed by atoms with E-state index in [1.807, 2.05) is 30.3 Å². The van der Waals surface area contributed by atoms with Crippen LogP contribution in [0, 0.1) is 5.82 Å². The van der Waals surface area contributed by atoms with Crippen molar-refractivity contribution in [2.24, 2.45) is 0 Å². The average Bonchev–Trinajstić information content (AvgIpc) is 3.52. The van der Waals surface area contributed by atoms with Crippen LogP contribution in [0.3, 0.4) is 0 Å². The molecule has 3 heterocycles. The number of aromatic amines is 1. The number of anilines is 1. The third-order valence-electron chi connectivity index (χ3n) is 6.06. The van der Waals surface area contributed by atoms with Crippen LogP contribution >= 0.6 is 0 Å². The van der Waals surface area contributed by atoms with Crippen molar-refractivity contribution in [2.75, 3.05) is 5.73 Å². The number of pyridine rings is 2. The van der Waals surface area contributed by atoms with E-state index in [0.29, 0.717) is 28.4 Å². The predicted octanol–water partition coefficient (Wildman–Crippen LogP) is 5.95. The molecule has 1 fully saturated rings. The van der Waals surface area contributed by atoms with Gasteiger partial charge < -0.3 is 5.73 Å². The van der Waals surface area contributed by atoms with Crippen molar-refractivity contribution in [1.82, 2.24) is 20.2 Å². The van der Waals surface area contributed by atoms with Crippen molar-refractivity contribution >= 4 is 16.6 Å². The van der Waals surface area contributed by atoms with E-state index in [2.05, 4.69) is 21.2 Å². The van der Waals surface area contributed by atoms with Gasteiger partial charge in [-0.25, -0.2) is 9.37 Å². The van der Waals surface area contributed by atoms with Gasteiger partial charge in [-0.2, -0.15) is 5.10 Å². The minimum absolute atomic E-state index is 0.308. The molecule has 0 amide bonds. The van der Waals surface area contributed by atoms with Gasteiger partial charge in [-0.05, 0) is 48.6 Å². The predicted molar refractivity (Wildman–Crippen MR) is 124 cm³/mol. The molecule has 0 saturated heterocycles. The van der Waals surface area contributed by atoms with Crippen LogP contribution in [0.5, 0.6) is 0 Å². The molecule has 5 aromatic rings. The fourth-order valence-corrected chi connectivity index (χ4v) is 4.26. The van der Waals surface area contributed by atoms with Gasteiger partial charge in [-0.3, -0.25) is 10.1 Å². The second kappa shape index (κ2) is 7.27. The van der Waals surface area contributed by atoms with Crippen LogP contribution in [0.15, 0.2) is 73.2 Å². The minimum Gasteiger partial charge on any atom is -0.398 e. The van der Waals surface area contributed by atoms with E-state index in [4.69, 9.17) is 10.7 Å². The van der Waals surface area contributed by atoms with Gasteiger partial charge in [0, 0.05) is 45.7 Å². The molecule has 3 aromatic heterocycles. The molecule has 0 atom stereocenters. The van der Waals surface area contributed by atoms with Crippen LogP contribution in [0.2, 0.25) is 0 Å². The van der Waals surface area contributed by atoms with Crippen molar-refractivity contribution in [3.63, 3.8) is 0 Å². The molecule has 6 heteroatoms. The van der Waals surface area contributed by atoms with Crippen molar-refractivity contribution in [1.29, 1.82) is 0 Å². The lowest BCUT2D eigenvalue weighted by atomic mass is 9.94. The van der Waals surface area contributed by atoms with Crippen molar-refractivity contribution < 1.29 is 4.39 Å². The Kier molecular flexibility index (Phi) is 4.24. The van der Waals surface area contributed by atoms with Crippen LogP contribution in [-0.4, -0.2) is 20.2 Å². The molecule has 2 aromatic carbocycles. The highest BCUT2D eigenvalue weighted by Gasteiger charge is 2.25. The van der Waals surface area contributed by atoms with Crippen LogP contribution in [0.1, 0.15) is 24.3 Å². The molecule has 3 N–H and O–H groups in total. The number of halogens is 1. The molecular formula is C26H20FN5. The normalized spacial score (nSPS) is 13.5. The molecule has 32 heavy (non-hydrogen) atoms. The van der Waals surface area contributed by atoms with Gasteiger partial charge in [-0.15, -0.1) is 0 Å². The van der Waals surface area contributed by atoms with Gasteiger partial charge >= 0.3 is 0 Å².